The van der Waals surface area contributed by atoms with Crippen LogP contribution in [0.15, 0.2) is 24.3 Å². The van der Waals surface area contributed by atoms with Crippen molar-refractivity contribution in [2.75, 3.05) is 0 Å². The van der Waals surface area contributed by atoms with Gasteiger partial charge in [0.1, 0.15) is 0 Å². The zero-order valence-electron chi connectivity index (χ0n) is 11.6. The molecule has 1 fully saturated rings. The first-order valence-electron chi connectivity index (χ1n) is 6.82. The van der Waals surface area contributed by atoms with Gasteiger partial charge in [0.15, 0.2) is 0 Å². The van der Waals surface area contributed by atoms with Gasteiger partial charge in [0.25, 0.3) is 0 Å². The second-order valence-electron chi connectivity index (χ2n) is 6.18. The van der Waals surface area contributed by atoms with Crippen molar-refractivity contribution < 1.29 is 0 Å². The second-order valence-corrected chi connectivity index (χ2v) is 6.18. The third kappa shape index (κ3) is 2.71. The number of nitrogens with one attached hydrogen (secondary N) is 1. The molecule has 2 rings (SSSR count). The van der Waals surface area contributed by atoms with Crippen LogP contribution in [0.1, 0.15) is 57.2 Å². The minimum absolute atomic E-state index is 0.455. The molecule has 1 nitrogen and oxygen atoms in total. The lowest BCUT2D eigenvalue weighted by Gasteiger charge is -2.31. The SMILES string of the molecule is Cc1ccccc1C(C)NC1CCCC1(C)C. The summed E-state index contributed by atoms with van der Waals surface area (Å²) in [5.41, 5.74) is 3.29. The summed E-state index contributed by atoms with van der Waals surface area (Å²) in [6, 6.07) is 9.82. The average Bonchev–Trinajstić information content (AvgIpc) is 2.59. The van der Waals surface area contributed by atoms with Crippen LogP contribution in [0.5, 0.6) is 0 Å². The van der Waals surface area contributed by atoms with E-state index in [-0.39, 0.29) is 0 Å². The molecular formula is C16H25N. The van der Waals surface area contributed by atoms with Crippen molar-refractivity contribution in [1.82, 2.24) is 5.32 Å². The zero-order chi connectivity index (χ0) is 12.5. The fourth-order valence-electron chi connectivity index (χ4n) is 3.10. The minimum Gasteiger partial charge on any atom is -0.307 e. The summed E-state index contributed by atoms with van der Waals surface area (Å²) in [5.74, 6) is 0. The van der Waals surface area contributed by atoms with Crippen molar-refractivity contribution in [3.63, 3.8) is 0 Å². The van der Waals surface area contributed by atoms with E-state index >= 15 is 0 Å². The molecule has 0 spiro atoms. The molecule has 0 heterocycles. The van der Waals surface area contributed by atoms with E-state index < -0.39 is 0 Å². The van der Waals surface area contributed by atoms with Crippen LogP contribution in [-0.2, 0) is 0 Å². The molecule has 0 amide bonds. The van der Waals surface area contributed by atoms with Crippen LogP contribution >= 0.6 is 0 Å². The third-order valence-corrected chi connectivity index (χ3v) is 4.36. The summed E-state index contributed by atoms with van der Waals surface area (Å²) in [6.07, 6.45) is 4.04. The quantitative estimate of drug-likeness (QED) is 0.821. The van der Waals surface area contributed by atoms with Gasteiger partial charge in [0, 0.05) is 12.1 Å². The van der Waals surface area contributed by atoms with E-state index in [0.717, 1.165) is 0 Å². The maximum atomic E-state index is 3.83. The first-order chi connectivity index (χ1) is 8.00. The minimum atomic E-state index is 0.455. The number of aryl methyl sites for hydroxylation is 1. The summed E-state index contributed by atoms with van der Waals surface area (Å²) >= 11 is 0. The monoisotopic (exact) mass is 231 g/mol. The third-order valence-electron chi connectivity index (χ3n) is 4.36. The first kappa shape index (κ1) is 12.6. The van der Waals surface area contributed by atoms with Crippen LogP contribution in [0.4, 0.5) is 0 Å². The van der Waals surface area contributed by atoms with E-state index in [9.17, 15) is 0 Å². The van der Waals surface area contributed by atoms with Gasteiger partial charge in [-0.05, 0) is 43.2 Å². The van der Waals surface area contributed by atoms with Crippen molar-refractivity contribution in [3.05, 3.63) is 35.4 Å². The molecule has 0 saturated heterocycles. The molecule has 1 N–H and O–H groups in total. The molecule has 1 aromatic carbocycles. The van der Waals surface area contributed by atoms with Crippen molar-refractivity contribution in [3.8, 4) is 0 Å². The van der Waals surface area contributed by atoms with E-state index in [1.54, 1.807) is 0 Å². The highest BCUT2D eigenvalue weighted by molar-refractivity contribution is 5.28. The predicted molar refractivity (Wildman–Crippen MR) is 74.1 cm³/mol. The molecule has 0 aliphatic heterocycles. The number of hydrogen-bond donors (Lipinski definition) is 1. The largest absolute Gasteiger partial charge is 0.307 e. The van der Waals surface area contributed by atoms with Crippen molar-refractivity contribution in [2.24, 2.45) is 5.41 Å². The Hall–Kier alpha value is -0.820. The number of hydrogen-bond acceptors (Lipinski definition) is 1. The van der Waals surface area contributed by atoms with Crippen LogP contribution in [0.25, 0.3) is 0 Å². The highest BCUT2D eigenvalue weighted by atomic mass is 15.0. The highest BCUT2D eigenvalue weighted by Gasteiger charge is 2.35. The Morgan fingerprint density at radius 3 is 2.59 bits per heavy atom. The molecule has 0 aromatic heterocycles. The smallest absolute Gasteiger partial charge is 0.0297 e. The maximum absolute atomic E-state index is 3.83. The lowest BCUT2D eigenvalue weighted by Crippen LogP contribution is -2.39. The molecule has 2 atom stereocenters. The molecule has 0 bridgehead atoms. The Morgan fingerprint density at radius 2 is 2.00 bits per heavy atom. The van der Waals surface area contributed by atoms with E-state index in [4.69, 9.17) is 0 Å². The molecule has 94 valence electrons. The summed E-state index contributed by atoms with van der Waals surface area (Å²) in [4.78, 5) is 0. The number of benzene rings is 1. The van der Waals surface area contributed by atoms with Crippen LogP contribution in [0, 0.1) is 12.3 Å². The Bertz CT molecular complexity index is 381. The molecule has 1 aromatic rings. The predicted octanol–water partition coefficient (Wildman–Crippen LogP) is 4.22. The highest BCUT2D eigenvalue weighted by Crippen LogP contribution is 2.38. The van der Waals surface area contributed by atoms with Gasteiger partial charge < -0.3 is 5.32 Å². The van der Waals surface area contributed by atoms with Crippen LogP contribution < -0.4 is 5.32 Å². The average molecular weight is 231 g/mol. The van der Waals surface area contributed by atoms with E-state index in [2.05, 4.69) is 57.3 Å². The molecule has 0 radical (unpaired) electrons. The molecule has 1 aliphatic rings. The standard InChI is InChI=1S/C16H25N/c1-12-8-5-6-9-14(12)13(2)17-15-10-7-11-16(15,3)4/h5-6,8-9,13,15,17H,7,10-11H2,1-4H3. The Morgan fingerprint density at radius 1 is 1.29 bits per heavy atom. The summed E-state index contributed by atoms with van der Waals surface area (Å²) < 4.78 is 0. The molecule has 1 aliphatic carbocycles. The lowest BCUT2D eigenvalue weighted by molar-refractivity contribution is 0.266. The first-order valence-corrected chi connectivity index (χ1v) is 6.82. The molecule has 1 saturated carbocycles. The van der Waals surface area contributed by atoms with E-state index in [1.807, 2.05) is 0 Å². The lowest BCUT2D eigenvalue weighted by atomic mass is 9.86. The van der Waals surface area contributed by atoms with Gasteiger partial charge in [0.05, 0.1) is 0 Å². The van der Waals surface area contributed by atoms with Crippen molar-refractivity contribution in [2.45, 2.75) is 59.0 Å². The van der Waals surface area contributed by atoms with Gasteiger partial charge in [-0.15, -0.1) is 0 Å². The van der Waals surface area contributed by atoms with Crippen molar-refractivity contribution >= 4 is 0 Å². The molecule has 2 unspecified atom stereocenters. The Kier molecular flexibility index (Phi) is 3.58. The summed E-state index contributed by atoms with van der Waals surface area (Å²) in [5, 5.41) is 3.83. The van der Waals surface area contributed by atoms with Crippen LogP contribution in [-0.4, -0.2) is 6.04 Å². The normalized spacial score (nSPS) is 24.8. The van der Waals surface area contributed by atoms with E-state index in [0.29, 0.717) is 17.5 Å². The van der Waals surface area contributed by atoms with Gasteiger partial charge in [-0.1, -0.05) is 44.5 Å². The topological polar surface area (TPSA) is 12.0 Å². The maximum Gasteiger partial charge on any atom is 0.0297 e. The fourth-order valence-corrected chi connectivity index (χ4v) is 3.10. The van der Waals surface area contributed by atoms with Gasteiger partial charge >= 0.3 is 0 Å². The van der Waals surface area contributed by atoms with Crippen LogP contribution in [0.2, 0.25) is 0 Å². The van der Waals surface area contributed by atoms with Crippen molar-refractivity contribution in [1.29, 1.82) is 0 Å². The number of rotatable bonds is 3. The Balaban J connectivity index is 2.07. The Labute approximate surface area is 106 Å². The van der Waals surface area contributed by atoms with Gasteiger partial charge in [-0.25, -0.2) is 0 Å². The summed E-state index contributed by atoms with van der Waals surface area (Å²) in [7, 11) is 0. The van der Waals surface area contributed by atoms with Gasteiger partial charge in [-0.2, -0.15) is 0 Å². The zero-order valence-corrected chi connectivity index (χ0v) is 11.6. The molecule has 1 heteroatoms. The fraction of sp³-hybridized carbons (Fsp3) is 0.625. The van der Waals surface area contributed by atoms with E-state index in [1.165, 1.54) is 30.4 Å². The second kappa shape index (κ2) is 4.81. The summed E-state index contributed by atoms with van der Waals surface area (Å²) in [6.45, 7) is 9.27. The molecule has 17 heavy (non-hydrogen) atoms. The molecular weight excluding hydrogens is 206 g/mol. The van der Waals surface area contributed by atoms with Gasteiger partial charge in [0.2, 0.25) is 0 Å². The van der Waals surface area contributed by atoms with Crippen LogP contribution in [0.3, 0.4) is 0 Å². The van der Waals surface area contributed by atoms with Gasteiger partial charge in [-0.3, -0.25) is 0 Å².